The van der Waals surface area contributed by atoms with Gasteiger partial charge in [0.25, 0.3) is 0 Å². The highest BCUT2D eigenvalue weighted by molar-refractivity contribution is 5.90. The standard InChI is InChI=1S/C20H18O8/c1-25-17(23)12-8-26-19-14-11(12)6-7-20(14)16(27-19)13(18(24)28-20)15(22)9-2-4-10(21)5-3-9/h2-8,11,13-16,19,21-22H,1H3/t11-,13?,14-,15?,16+,19-,20+/m1/s1. The first-order valence-electron chi connectivity index (χ1n) is 8.95. The van der Waals surface area contributed by atoms with Gasteiger partial charge in [0.1, 0.15) is 17.8 Å². The van der Waals surface area contributed by atoms with E-state index in [9.17, 15) is 19.8 Å². The lowest BCUT2D eigenvalue weighted by Crippen LogP contribution is -2.44. The van der Waals surface area contributed by atoms with E-state index in [1.165, 1.54) is 25.5 Å². The van der Waals surface area contributed by atoms with E-state index in [2.05, 4.69) is 0 Å². The molecule has 1 aliphatic carbocycles. The van der Waals surface area contributed by atoms with Crippen LogP contribution in [0.4, 0.5) is 0 Å². The number of phenols is 1. The van der Waals surface area contributed by atoms with E-state index in [1.807, 2.05) is 0 Å². The second kappa shape index (κ2) is 5.83. The summed E-state index contributed by atoms with van der Waals surface area (Å²) in [6.07, 6.45) is 2.21. The van der Waals surface area contributed by atoms with Crippen LogP contribution in [0.15, 0.2) is 48.3 Å². The molecule has 8 heteroatoms. The van der Waals surface area contributed by atoms with Gasteiger partial charge in [-0.15, -0.1) is 0 Å². The molecule has 1 aromatic carbocycles. The number of phenolic OH excluding ortho intramolecular Hbond substituents is 1. The van der Waals surface area contributed by atoms with Gasteiger partial charge in [0, 0.05) is 5.92 Å². The van der Waals surface area contributed by atoms with E-state index in [1.54, 1.807) is 24.3 Å². The number of rotatable bonds is 3. The lowest BCUT2D eigenvalue weighted by Gasteiger charge is -2.32. The van der Waals surface area contributed by atoms with E-state index < -0.39 is 47.9 Å². The van der Waals surface area contributed by atoms with Gasteiger partial charge in [0.15, 0.2) is 5.60 Å². The summed E-state index contributed by atoms with van der Waals surface area (Å²) in [6.45, 7) is 0. The monoisotopic (exact) mass is 386 g/mol. The van der Waals surface area contributed by atoms with Crippen molar-refractivity contribution in [1.29, 1.82) is 0 Å². The summed E-state index contributed by atoms with van der Waals surface area (Å²) < 4.78 is 22.2. The van der Waals surface area contributed by atoms with Crippen molar-refractivity contribution in [3.05, 3.63) is 53.8 Å². The number of carbonyl (C=O) groups excluding carboxylic acids is 2. The molecule has 4 aliphatic rings. The van der Waals surface area contributed by atoms with Crippen LogP contribution in [0.5, 0.6) is 5.75 Å². The molecular formula is C20H18O8. The van der Waals surface area contributed by atoms with Crippen molar-refractivity contribution >= 4 is 11.9 Å². The molecule has 3 aliphatic heterocycles. The Balaban J connectivity index is 1.49. The van der Waals surface area contributed by atoms with E-state index >= 15 is 0 Å². The van der Waals surface area contributed by atoms with Crippen molar-refractivity contribution < 1.29 is 38.7 Å². The number of benzene rings is 1. The second-order valence-corrected chi connectivity index (χ2v) is 7.37. The molecule has 5 rings (SSSR count). The summed E-state index contributed by atoms with van der Waals surface area (Å²) in [5.41, 5.74) is -0.314. The summed E-state index contributed by atoms with van der Waals surface area (Å²) in [5, 5.41) is 20.3. The number of hydrogen-bond acceptors (Lipinski definition) is 8. The maximum atomic E-state index is 12.7. The number of allylic oxidation sites excluding steroid dienone is 1. The first kappa shape index (κ1) is 17.3. The lowest BCUT2D eigenvalue weighted by molar-refractivity contribution is -0.167. The highest BCUT2D eigenvalue weighted by atomic mass is 16.7. The minimum Gasteiger partial charge on any atom is -0.508 e. The Bertz CT molecular complexity index is 903. The first-order chi connectivity index (χ1) is 13.5. The number of carbonyl (C=O) groups is 2. The molecular weight excluding hydrogens is 368 g/mol. The lowest BCUT2D eigenvalue weighted by atomic mass is 9.76. The van der Waals surface area contributed by atoms with Gasteiger partial charge in [-0.2, -0.15) is 0 Å². The predicted octanol–water partition coefficient (Wildman–Crippen LogP) is 0.952. The van der Waals surface area contributed by atoms with Crippen LogP contribution >= 0.6 is 0 Å². The van der Waals surface area contributed by atoms with E-state index in [-0.39, 0.29) is 11.7 Å². The Hall–Kier alpha value is -2.84. The van der Waals surface area contributed by atoms with Crippen molar-refractivity contribution in [2.24, 2.45) is 17.8 Å². The van der Waals surface area contributed by atoms with E-state index in [4.69, 9.17) is 18.9 Å². The number of esters is 2. The molecule has 3 heterocycles. The average Bonchev–Trinajstić information content (AvgIpc) is 3.30. The molecule has 146 valence electrons. The van der Waals surface area contributed by atoms with Gasteiger partial charge in [0.05, 0.1) is 31.0 Å². The summed E-state index contributed by atoms with van der Waals surface area (Å²) in [5.74, 6) is -2.81. The quantitative estimate of drug-likeness (QED) is 0.584. The van der Waals surface area contributed by atoms with Crippen LogP contribution < -0.4 is 0 Å². The Morgan fingerprint density at radius 3 is 2.75 bits per heavy atom. The SMILES string of the molecule is COC(=O)C1=CO[C@@H]2O[C@H]3C(C(O)c4ccc(O)cc4)C(=O)O[C@]34C=C[C@H]1[C@H]24. The smallest absolute Gasteiger partial charge is 0.337 e. The zero-order valence-corrected chi connectivity index (χ0v) is 14.8. The van der Waals surface area contributed by atoms with Crippen molar-refractivity contribution in [2.45, 2.75) is 24.1 Å². The minimum absolute atomic E-state index is 0.0564. The first-order valence-corrected chi connectivity index (χ1v) is 8.95. The van der Waals surface area contributed by atoms with E-state index in [0.717, 1.165) is 0 Å². The highest BCUT2D eigenvalue weighted by Crippen LogP contribution is 2.59. The van der Waals surface area contributed by atoms with Gasteiger partial charge in [0.2, 0.25) is 6.29 Å². The third-order valence-electron chi connectivity index (χ3n) is 6.05. The van der Waals surface area contributed by atoms with Crippen LogP contribution in [0.1, 0.15) is 11.7 Å². The van der Waals surface area contributed by atoms with Crippen LogP contribution in [0.3, 0.4) is 0 Å². The number of methoxy groups -OCH3 is 1. The number of aliphatic hydroxyl groups excluding tert-OH is 1. The molecule has 28 heavy (non-hydrogen) atoms. The Kier molecular flexibility index (Phi) is 3.59. The van der Waals surface area contributed by atoms with Crippen LogP contribution in [-0.2, 0) is 28.5 Å². The van der Waals surface area contributed by atoms with Crippen LogP contribution in [-0.4, -0.2) is 47.3 Å². The van der Waals surface area contributed by atoms with Crippen molar-refractivity contribution in [2.75, 3.05) is 7.11 Å². The summed E-state index contributed by atoms with van der Waals surface area (Å²) in [6, 6.07) is 5.96. The van der Waals surface area contributed by atoms with Gasteiger partial charge in [-0.25, -0.2) is 4.79 Å². The maximum Gasteiger partial charge on any atom is 0.337 e. The van der Waals surface area contributed by atoms with Crippen LogP contribution in [0, 0.1) is 17.8 Å². The number of hydrogen-bond donors (Lipinski definition) is 2. The average molecular weight is 386 g/mol. The van der Waals surface area contributed by atoms with Crippen molar-refractivity contribution in [3.8, 4) is 5.75 Å². The molecule has 1 aromatic rings. The molecule has 8 nitrogen and oxygen atoms in total. The molecule has 0 bridgehead atoms. The number of ether oxygens (including phenoxy) is 4. The fraction of sp³-hybridized carbons (Fsp3) is 0.400. The molecule has 2 fully saturated rings. The van der Waals surface area contributed by atoms with Crippen molar-refractivity contribution in [3.63, 3.8) is 0 Å². The molecule has 0 amide bonds. The Labute approximate surface area is 160 Å². The van der Waals surface area contributed by atoms with Gasteiger partial charge >= 0.3 is 11.9 Å². The minimum atomic E-state index is -1.18. The topological polar surface area (TPSA) is 112 Å². The van der Waals surface area contributed by atoms with Gasteiger partial charge in [-0.1, -0.05) is 18.2 Å². The molecule has 0 aromatic heterocycles. The summed E-state index contributed by atoms with van der Waals surface area (Å²) in [4.78, 5) is 24.8. The molecule has 2 unspecified atom stereocenters. The summed E-state index contributed by atoms with van der Waals surface area (Å²) in [7, 11) is 1.29. The van der Waals surface area contributed by atoms with Gasteiger partial charge < -0.3 is 29.2 Å². The normalized spacial score (nSPS) is 38.1. The molecule has 0 saturated carbocycles. The Morgan fingerprint density at radius 1 is 1.29 bits per heavy atom. The molecule has 0 radical (unpaired) electrons. The fourth-order valence-corrected chi connectivity index (χ4v) is 4.77. The maximum absolute atomic E-state index is 12.7. The second-order valence-electron chi connectivity index (χ2n) is 7.37. The summed E-state index contributed by atoms with van der Waals surface area (Å²) >= 11 is 0. The predicted molar refractivity (Wildman–Crippen MR) is 91.3 cm³/mol. The molecule has 1 spiro atoms. The molecule has 2 saturated heterocycles. The van der Waals surface area contributed by atoms with Crippen LogP contribution in [0.2, 0.25) is 0 Å². The third-order valence-corrected chi connectivity index (χ3v) is 6.05. The van der Waals surface area contributed by atoms with Crippen molar-refractivity contribution in [1.82, 2.24) is 0 Å². The highest BCUT2D eigenvalue weighted by Gasteiger charge is 2.72. The Morgan fingerprint density at radius 2 is 2.04 bits per heavy atom. The fourth-order valence-electron chi connectivity index (χ4n) is 4.77. The molecule has 2 N–H and O–H groups in total. The number of aliphatic hydroxyl groups is 1. The largest absolute Gasteiger partial charge is 0.508 e. The molecule has 7 atom stereocenters. The van der Waals surface area contributed by atoms with Crippen LogP contribution in [0.25, 0.3) is 0 Å². The third kappa shape index (κ3) is 2.12. The van der Waals surface area contributed by atoms with Gasteiger partial charge in [-0.3, -0.25) is 4.79 Å². The number of aromatic hydroxyl groups is 1. The van der Waals surface area contributed by atoms with Gasteiger partial charge in [-0.05, 0) is 23.8 Å². The zero-order valence-electron chi connectivity index (χ0n) is 14.8. The van der Waals surface area contributed by atoms with E-state index in [0.29, 0.717) is 11.1 Å². The zero-order chi connectivity index (χ0) is 19.6.